The molecule has 126 valence electrons. The molecule has 2 nitrogen and oxygen atoms in total. The van der Waals surface area contributed by atoms with Crippen LogP contribution < -0.4 is 5.32 Å². The largest absolute Gasteiger partial charge is 0.460 e. The number of carbonyl (C=O) groups excluding carboxylic acids is 1. The molecular formula is C8H6F11NO. The molecule has 0 radical (unpaired) electrons. The Morgan fingerprint density at radius 1 is 0.762 bits per heavy atom. The molecule has 0 aliphatic heterocycles. The second-order valence-corrected chi connectivity index (χ2v) is 3.65. The van der Waals surface area contributed by atoms with E-state index in [2.05, 4.69) is 0 Å². The number of amides is 1. The fourth-order valence-electron chi connectivity index (χ4n) is 0.987. The van der Waals surface area contributed by atoms with Crippen LogP contribution in [0.4, 0.5) is 48.3 Å². The molecule has 0 atom stereocenters. The minimum Gasteiger partial charge on any atom is -0.351 e. The number of halogens is 11. The van der Waals surface area contributed by atoms with Gasteiger partial charge in [-0.05, 0) is 6.92 Å². The first kappa shape index (κ1) is 19.7. The molecule has 0 rings (SSSR count). The predicted molar refractivity (Wildman–Crippen MR) is 44.5 cm³/mol. The molecule has 0 aliphatic carbocycles. The van der Waals surface area contributed by atoms with Crippen LogP contribution in [-0.2, 0) is 4.79 Å². The van der Waals surface area contributed by atoms with E-state index in [1.54, 1.807) is 0 Å². The van der Waals surface area contributed by atoms with Gasteiger partial charge in [-0.3, -0.25) is 4.79 Å². The molecule has 0 saturated heterocycles. The average Bonchev–Trinajstić information content (AvgIpc) is 2.26. The van der Waals surface area contributed by atoms with E-state index in [4.69, 9.17) is 0 Å². The van der Waals surface area contributed by atoms with Gasteiger partial charge in [0.1, 0.15) is 0 Å². The molecule has 0 spiro atoms. The van der Waals surface area contributed by atoms with Crippen molar-refractivity contribution < 1.29 is 53.1 Å². The number of rotatable bonds is 5. The molecule has 0 bridgehead atoms. The smallest absolute Gasteiger partial charge is 0.351 e. The molecule has 0 aromatic rings. The molecule has 0 fully saturated rings. The lowest BCUT2D eigenvalue weighted by Gasteiger charge is -2.36. The number of nitrogens with one attached hydrogen (secondary N) is 1. The summed E-state index contributed by atoms with van der Waals surface area (Å²) in [5.41, 5.74) is 0. The maximum Gasteiger partial charge on any atom is 0.460 e. The van der Waals surface area contributed by atoms with Crippen molar-refractivity contribution in [2.75, 3.05) is 6.54 Å². The van der Waals surface area contributed by atoms with E-state index in [0.717, 1.165) is 12.2 Å². The van der Waals surface area contributed by atoms with Crippen molar-refractivity contribution in [1.82, 2.24) is 5.32 Å². The first-order chi connectivity index (χ1) is 8.98. The van der Waals surface area contributed by atoms with Crippen LogP contribution in [0.2, 0.25) is 0 Å². The van der Waals surface area contributed by atoms with Gasteiger partial charge in [0.25, 0.3) is 5.91 Å². The summed E-state index contributed by atoms with van der Waals surface area (Å²) in [5, 5.41) is 0.926. The molecule has 1 N–H and O–H groups in total. The fraction of sp³-hybridized carbons (Fsp3) is 0.875. The van der Waals surface area contributed by atoms with Crippen LogP contribution in [0.25, 0.3) is 0 Å². The van der Waals surface area contributed by atoms with Gasteiger partial charge >= 0.3 is 29.9 Å². The predicted octanol–water partition coefficient (Wildman–Crippen LogP) is 3.23. The second kappa shape index (κ2) is 5.16. The Hall–Kier alpha value is -1.30. The van der Waals surface area contributed by atoms with Gasteiger partial charge in [-0.1, -0.05) is 0 Å². The number of carbonyl (C=O) groups is 1. The van der Waals surface area contributed by atoms with Gasteiger partial charge in [-0.2, -0.15) is 48.3 Å². The van der Waals surface area contributed by atoms with Crippen molar-refractivity contribution in [3.8, 4) is 0 Å². The molecule has 1 amide bonds. The number of hydrogen-bond donors (Lipinski definition) is 1. The third kappa shape index (κ3) is 2.73. The van der Waals surface area contributed by atoms with Gasteiger partial charge in [0.15, 0.2) is 0 Å². The van der Waals surface area contributed by atoms with Crippen LogP contribution in [-0.4, -0.2) is 42.3 Å². The van der Waals surface area contributed by atoms with Crippen LogP contribution in [0.5, 0.6) is 0 Å². The minimum atomic E-state index is -7.56. The van der Waals surface area contributed by atoms with Crippen molar-refractivity contribution in [3.05, 3.63) is 0 Å². The summed E-state index contributed by atoms with van der Waals surface area (Å²) in [6, 6.07) is 0. The van der Waals surface area contributed by atoms with Crippen molar-refractivity contribution >= 4 is 5.91 Å². The molecule has 0 aliphatic rings. The fourth-order valence-corrected chi connectivity index (χ4v) is 0.987. The Balaban J connectivity index is 5.94. The molecule has 0 unspecified atom stereocenters. The highest BCUT2D eigenvalue weighted by molar-refractivity contribution is 5.84. The van der Waals surface area contributed by atoms with Gasteiger partial charge in [0.2, 0.25) is 0 Å². The summed E-state index contributed by atoms with van der Waals surface area (Å²) in [6.07, 6.45) is -7.24. The summed E-state index contributed by atoms with van der Waals surface area (Å²) < 4.78 is 137. The molecule has 0 aromatic heterocycles. The lowest BCUT2D eigenvalue weighted by Crippen LogP contribution is -2.69. The molecule has 0 aromatic carbocycles. The first-order valence-electron chi connectivity index (χ1n) is 4.84. The topological polar surface area (TPSA) is 29.1 Å². The third-order valence-electron chi connectivity index (χ3n) is 2.16. The van der Waals surface area contributed by atoms with Crippen molar-refractivity contribution in [2.45, 2.75) is 36.8 Å². The standard InChI is InChI=1S/C8H6F11NO/c1-2-20-3(21)4(9,10)5(11,12)6(13,14)7(15,16)8(17,18)19/h2H2,1H3,(H,20,21). The van der Waals surface area contributed by atoms with E-state index in [9.17, 15) is 53.1 Å². The number of hydrogen-bond acceptors (Lipinski definition) is 1. The van der Waals surface area contributed by atoms with Crippen LogP contribution in [0.1, 0.15) is 6.92 Å². The quantitative estimate of drug-likeness (QED) is 0.765. The van der Waals surface area contributed by atoms with Crippen molar-refractivity contribution in [2.24, 2.45) is 0 Å². The van der Waals surface area contributed by atoms with Gasteiger partial charge < -0.3 is 5.32 Å². The normalized spacial score (nSPS) is 15.0. The Kier molecular flexibility index (Phi) is 4.84. The Bertz CT molecular complexity index is 400. The zero-order chi connectivity index (χ0) is 17.5. The highest BCUT2D eigenvalue weighted by Crippen LogP contribution is 2.57. The lowest BCUT2D eigenvalue weighted by atomic mass is 9.97. The van der Waals surface area contributed by atoms with E-state index >= 15 is 0 Å². The summed E-state index contributed by atoms with van der Waals surface area (Å²) in [6.45, 7) is 0.0975. The highest BCUT2D eigenvalue weighted by atomic mass is 19.4. The molecular weight excluding hydrogens is 335 g/mol. The van der Waals surface area contributed by atoms with E-state index in [1.807, 2.05) is 0 Å². The van der Waals surface area contributed by atoms with E-state index < -0.39 is 42.3 Å². The average molecular weight is 341 g/mol. The van der Waals surface area contributed by atoms with E-state index in [0.29, 0.717) is 0 Å². The van der Waals surface area contributed by atoms with Gasteiger partial charge in [-0.25, -0.2) is 0 Å². The Morgan fingerprint density at radius 2 is 1.14 bits per heavy atom. The highest BCUT2D eigenvalue weighted by Gasteiger charge is 2.88. The summed E-state index contributed by atoms with van der Waals surface area (Å²) in [5.74, 6) is -32.0. The summed E-state index contributed by atoms with van der Waals surface area (Å²) >= 11 is 0. The lowest BCUT2D eigenvalue weighted by molar-refractivity contribution is -0.417. The molecule has 0 saturated carbocycles. The Morgan fingerprint density at radius 3 is 1.43 bits per heavy atom. The molecule has 21 heavy (non-hydrogen) atoms. The van der Waals surface area contributed by atoms with Crippen molar-refractivity contribution in [3.63, 3.8) is 0 Å². The first-order valence-corrected chi connectivity index (χ1v) is 4.84. The van der Waals surface area contributed by atoms with Crippen LogP contribution in [0.15, 0.2) is 0 Å². The Labute approximate surface area is 109 Å². The third-order valence-corrected chi connectivity index (χ3v) is 2.16. The second-order valence-electron chi connectivity index (χ2n) is 3.65. The SMILES string of the molecule is CCNC(=O)C(F)(F)C(F)(F)C(F)(F)C(F)(F)C(F)(F)F. The van der Waals surface area contributed by atoms with E-state index in [-0.39, 0.29) is 0 Å². The maximum atomic E-state index is 12.9. The van der Waals surface area contributed by atoms with Crippen LogP contribution >= 0.6 is 0 Å². The van der Waals surface area contributed by atoms with Gasteiger partial charge in [0.05, 0.1) is 0 Å². The van der Waals surface area contributed by atoms with Crippen LogP contribution in [0, 0.1) is 0 Å². The minimum absolute atomic E-state index is 0.786. The van der Waals surface area contributed by atoms with Gasteiger partial charge in [-0.15, -0.1) is 0 Å². The zero-order valence-electron chi connectivity index (χ0n) is 9.77. The van der Waals surface area contributed by atoms with Gasteiger partial charge in [0, 0.05) is 6.54 Å². The van der Waals surface area contributed by atoms with E-state index in [1.165, 1.54) is 0 Å². The zero-order valence-corrected chi connectivity index (χ0v) is 9.77. The van der Waals surface area contributed by atoms with Crippen molar-refractivity contribution in [1.29, 1.82) is 0 Å². The summed E-state index contributed by atoms with van der Waals surface area (Å²) in [7, 11) is 0. The maximum absolute atomic E-state index is 12.9. The summed E-state index contributed by atoms with van der Waals surface area (Å²) in [4.78, 5) is 10.5. The number of alkyl halides is 11. The molecule has 13 heteroatoms. The monoisotopic (exact) mass is 341 g/mol. The van der Waals surface area contributed by atoms with Crippen LogP contribution in [0.3, 0.4) is 0 Å². The molecule has 0 heterocycles.